The summed E-state index contributed by atoms with van der Waals surface area (Å²) in [6.07, 6.45) is 0. The molecule has 174 valence electrons. The lowest BCUT2D eigenvalue weighted by Gasteiger charge is -2.12. The highest BCUT2D eigenvalue weighted by atomic mass is 19.1. The van der Waals surface area contributed by atoms with Gasteiger partial charge >= 0.3 is 5.97 Å². The maximum absolute atomic E-state index is 13.6. The molecule has 0 bridgehead atoms. The maximum Gasteiger partial charge on any atom is 0.338 e. The van der Waals surface area contributed by atoms with Crippen LogP contribution in [0.4, 0.5) is 10.1 Å². The molecule has 0 fully saturated rings. The Kier molecular flexibility index (Phi) is 6.39. The summed E-state index contributed by atoms with van der Waals surface area (Å²) in [5.41, 5.74) is 1.42. The van der Waals surface area contributed by atoms with E-state index in [1.807, 2.05) is 0 Å². The maximum atomic E-state index is 13.6. The molecule has 0 radical (unpaired) electrons. The zero-order chi connectivity index (χ0) is 24.2. The van der Waals surface area contributed by atoms with Crippen molar-refractivity contribution in [3.8, 4) is 5.75 Å². The van der Waals surface area contributed by atoms with Gasteiger partial charge in [0.2, 0.25) is 0 Å². The summed E-state index contributed by atoms with van der Waals surface area (Å²) in [4.78, 5) is 41.1. The van der Waals surface area contributed by atoms with Crippen molar-refractivity contribution in [2.24, 2.45) is 0 Å². The number of fused-ring (bicyclic) bond motifs is 1. The van der Waals surface area contributed by atoms with Gasteiger partial charge in [0, 0.05) is 17.8 Å². The van der Waals surface area contributed by atoms with E-state index in [0.29, 0.717) is 22.7 Å². The van der Waals surface area contributed by atoms with E-state index >= 15 is 0 Å². The van der Waals surface area contributed by atoms with E-state index in [2.05, 4.69) is 10.3 Å². The number of hydrogen-bond acceptors (Lipinski definition) is 7. The molecule has 0 unspecified atom stereocenters. The van der Waals surface area contributed by atoms with Crippen LogP contribution in [0.3, 0.4) is 0 Å². The second-order valence-electron chi connectivity index (χ2n) is 7.46. The first kappa shape index (κ1) is 22.7. The van der Waals surface area contributed by atoms with Gasteiger partial charge in [0.05, 0.1) is 11.3 Å². The number of anilines is 1. The fraction of sp³-hybridized carbons (Fsp3) is 0.167. The van der Waals surface area contributed by atoms with Crippen molar-refractivity contribution in [1.29, 1.82) is 0 Å². The van der Waals surface area contributed by atoms with Crippen LogP contribution in [-0.4, -0.2) is 28.0 Å². The fourth-order valence-electron chi connectivity index (χ4n) is 3.15. The van der Waals surface area contributed by atoms with Crippen molar-refractivity contribution in [3.05, 3.63) is 93.3 Å². The largest absolute Gasteiger partial charge is 0.481 e. The molecule has 0 spiro atoms. The Morgan fingerprint density at radius 1 is 1.12 bits per heavy atom. The Hall–Kier alpha value is -4.47. The molecular formula is C24H20FN3O6. The molecule has 0 aliphatic carbocycles. The molecule has 0 aliphatic rings. The highest BCUT2D eigenvalue weighted by molar-refractivity contribution is 5.96. The molecule has 2 aromatic heterocycles. The first-order valence-electron chi connectivity index (χ1n) is 10.2. The predicted molar refractivity (Wildman–Crippen MR) is 119 cm³/mol. The normalized spacial score (nSPS) is 10.8. The van der Waals surface area contributed by atoms with Gasteiger partial charge in [0.25, 0.3) is 11.5 Å². The van der Waals surface area contributed by atoms with Gasteiger partial charge in [-0.05, 0) is 43.7 Å². The number of amides is 1. The average Bonchev–Trinajstić information content (AvgIpc) is 3.19. The van der Waals surface area contributed by atoms with Crippen molar-refractivity contribution in [2.75, 3.05) is 11.9 Å². The second kappa shape index (κ2) is 9.57. The predicted octanol–water partition coefficient (Wildman–Crippen LogP) is 3.42. The summed E-state index contributed by atoms with van der Waals surface area (Å²) < 4.78 is 30.4. The van der Waals surface area contributed by atoms with Crippen LogP contribution in [-0.2, 0) is 16.1 Å². The zero-order valence-electron chi connectivity index (χ0n) is 18.3. The van der Waals surface area contributed by atoms with Gasteiger partial charge in [0.15, 0.2) is 23.8 Å². The van der Waals surface area contributed by atoms with Gasteiger partial charge < -0.3 is 19.3 Å². The SMILES string of the molecule is Cc1cc2nc(COC(=O)c3ccc(C)c(NC(=O)COc4ccccc4F)c3)cc(=O)n2o1. The molecule has 1 N–H and O–H groups in total. The molecule has 1 amide bonds. The molecule has 0 saturated heterocycles. The molecule has 34 heavy (non-hydrogen) atoms. The summed E-state index contributed by atoms with van der Waals surface area (Å²) >= 11 is 0. The molecule has 9 nitrogen and oxygen atoms in total. The van der Waals surface area contributed by atoms with Crippen molar-refractivity contribution in [2.45, 2.75) is 20.5 Å². The van der Waals surface area contributed by atoms with Gasteiger partial charge in [-0.3, -0.25) is 9.59 Å². The highest BCUT2D eigenvalue weighted by Gasteiger charge is 2.14. The third-order valence-corrected chi connectivity index (χ3v) is 4.82. The van der Waals surface area contributed by atoms with E-state index in [0.717, 1.165) is 4.57 Å². The quantitative estimate of drug-likeness (QED) is 0.416. The number of hydrogen-bond donors (Lipinski definition) is 1. The van der Waals surface area contributed by atoms with Gasteiger partial charge in [0.1, 0.15) is 12.4 Å². The molecule has 0 atom stereocenters. The number of nitrogens with one attached hydrogen (secondary N) is 1. The van der Waals surface area contributed by atoms with E-state index in [1.54, 1.807) is 38.1 Å². The molecule has 10 heteroatoms. The smallest absolute Gasteiger partial charge is 0.338 e. The lowest BCUT2D eigenvalue weighted by atomic mass is 10.1. The molecule has 2 heterocycles. The van der Waals surface area contributed by atoms with Crippen LogP contribution < -0.4 is 15.6 Å². The van der Waals surface area contributed by atoms with Gasteiger partial charge in [-0.15, -0.1) is 4.57 Å². The number of carbonyl (C=O) groups is 2. The number of aromatic nitrogens is 2. The lowest BCUT2D eigenvalue weighted by Crippen LogP contribution is -2.21. The van der Waals surface area contributed by atoms with Crippen molar-refractivity contribution in [3.63, 3.8) is 0 Å². The van der Waals surface area contributed by atoms with Gasteiger partial charge in [-0.25, -0.2) is 14.2 Å². The van der Waals surface area contributed by atoms with E-state index in [1.165, 1.54) is 30.3 Å². The van der Waals surface area contributed by atoms with Crippen LogP contribution in [0.2, 0.25) is 0 Å². The number of rotatable bonds is 7. The molecule has 2 aromatic carbocycles. The van der Waals surface area contributed by atoms with Crippen LogP contribution in [0.25, 0.3) is 5.65 Å². The third-order valence-electron chi connectivity index (χ3n) is 4.82. The molecule has 0 saturated carbocycles. The summed E-state index contributed by atoms with van der Waals surface area (Å²) in [5.74, 6) is -1.28. The minimum absolute atomic E-state index is 0.0382. The molecule has 4 aromatic rings. The first-order valence-corrected chi connectivity index (χ1v) is 10.2. The number of benzene rings is 2. The van der Waals surface area contributed by atoms with Crippen LogP contribution in [0.1, 0.15) is 27.4 Å². The number of ether oxygens (including phenoxy) is 2. The van der Waals surface area contributed by atoms with Crippen LogP contribution in [0.15, 0.2) is 63.9 Å². The monoisotopic (exact) mass is 465 g/mol. The van der Waals surface area contributed by atoms with Crippen molar-refractivity contribution in [1.82, 2.24) is 9.56 Å². The summed E-state index contributed by atoms with van der Waals surface area (Å²) in [7, 11) is 0. The minimum Gasteiger partial charge on any atom is -0.481 e. The average molecular weight is 465 g/mol. The molecule has 4 rings (SSSR count). The summed E-state index contributed by atoms with van der Waals surface area (Å²) in [6.45, 7) is 2.81. The van der Waals surface area contributed by atoms with E-state index < -0.39 is 29.9 Å². The number of halogens is 1. The Bertz CT molecular complexity index is 1440. The Balaban J connectivity index is 1.40. The summed E-state index contributed by atoms with van der Waals surface area (Å²) in [5, 5.41) is 2.64. The van der Waals surface area contributed by atoms with Crippen LogP contribution >= 0.6 is 0 Å². The minimum atomic E-state index is -0.663. The number of para-hydroxylation sites is 1. The first-order chi connectivity index (χ1) is 16.3. The van der Waals surface area contributed by atoms with Gasteiger partial charge in [-0.2, -0.15) is 0 Å². The topological polar surface area (TPSA) is 112 Å². The van der Waals surface area contributed by atoms with Crippen LogP contribution in [0, 0.1) is 19.7 Å². The van der Waals surface area contributed by atoms with Crippen LogP contribution in [0.5, 0.6) is 5.75 Å². The highest BCUT2D eigenvalue weighted by Crippen LogP contribution is 2.19. The lowest BCUT2D eigenvalue weighted by molar-refractivity contribution is -0.118. The molecule has 0 aliphatic heterocycles. The number of esters is 1. The van der Waals surface area contributed by atoms with E-state index in [4.69, 9.17) is 14.0 Å². The number of nitrogens with zero attached hydrogens (tertiary/aromatic N) is 2. The van der Waals surface area contributed by atoms with E-state index in [9.17, 15) is 18.8 Å². The summed E-state index contributed by atoms with van der Waals surface area (Å²) in [6, 6.07) is 13.2. The molecular weight excluding hydrogens is 445 g/mol. The van der Waals surface area contributed by atoms with Gasteiger partial charge in [-0.1, -0.05) is 18.2 Å². The Morgan fingerprint density at radius 3 is 2.71 bits per heavy atom. The number of aryl methyl sites for hydroxylation is 2. The third kappa shape index (κ3) is 5.12. The zero-order valence-corrected chi connectivity index (χ0v) is 18.3. The van der Waals surface area contributed by atoms with Crippen molar-refractivity contribution < 1.29 is 28.0 Å². The number of carbonyl (C=O) groups excluding carboxylic acids is 2. The van der Waals surface area contributed by atoms with E-state index in [-0.39, 0.29) is 23.6 Å². The van der Waals surface area contributed by atoms with Crippen molar-refractivity contribution >= 4 is 23.2 Å². The fourth-order valence-corrected chi connectivity index (χ4v) is 3.15. The second-order valence-corrected chi connectivity index (χ2v) is 7.46. The Labute approximate surface area is 192 Å². The standard InChI is InChI=1S/C24H20FN3O6/c1-14-7-8-16(10-19(14)27-22(29)13-32-20-6-4-3-5-18(20)25)24(31)33-12-17-11-23(30)28-21(26-17)9-15(2)34-28/h3-11H,12-13H2,1-2H3,(H,27,29). The Morgan fingerprint density at radius 2 is 1.91 bits per heavy atom.